The van der Waals surface area contributed by atoms with E-state index in [0.717, 1.165) is 16.6 Å². The smallest absolute Gasteiger partial charge is 0.315 e. The van der Waals surface area contributed by atoms with Crippen LogP contribution >= 0.6 is 0 Å². The summed E-state index contributed by atoms with van der Waals surface area (Å²) in [5, 5.41) is 0.943. The van der Waals surface area contributed by atoms with Gasteiger partial charge in [-0.25, -0.2) is 0 Å². The van der Waals surface area contributed by atoms with Crippen LogP contribution in [-0.2, 0) is 14.3 Å². The molecule has 0 spiro atoms. The maximum Gasteiger partial charge on any atom is 0.315 e. The van der Waals surface area contributed by atoms with E-state index in [1.807, 2.05) is 24.3 Å². The third-order valence-electron chi connectivity index (χ3n) is 2.83. The van der Waals surface area contributed by atoms with Crippen LogP contribution in [0.2, 0.25) is 0 Å². The van der Waals surface area contributed by atoms with Gasteiger partial charge in [0.1, 0.15) is 6.42 Å². The number of esters is 1. The molecule has 2 aromatic rings. The molecule has 1 N–H and O–H groups in total. The highest BCUT2D eigenvalue weighted by molar-refractivity contribution is 6.07. The molecule has 0 saturated carbocycles. The van der Waals surface area contributed by atoms with Crippen molar-refractivity contribution in [3.05, 3.63) is 30.5 Å². The number of hydrogen-bond acceptors (Lipinski definition) is 3. The Labute approximate surface area is 104 Å². The zero-order valence-corrected chi connectivity index (χ0v) is 10.3. The largest absolute Gasteiger partial charge is 0.469 e. The quantitative estimate of drug-likeness (QED) is 0.662. The fraction of sp³-hybridized carbons (Fsp3) is 0.231. The van der Waals surface area contributed by atoms with Gasteiger partial charge >= 0.3 is 5.97 Å². The van der Waals surface area contributed by atoms with E-state index in [2.05, 4.69) is 9.72 Å². The van der Waals surface area contributed by atoms with Crippen LogP contribution in [0.3, 0.4) is 0 Å². The predicted octanol–water partition coefficient (Wildman–Crippen LogP) is 1.69. The number of anilines is 1. The van der Waals surface area contributed by atoms with E-state index in [-0.39, 0.29) is 12.3 Å². The minimum Gasteiger partial charge on any atom is -0.469 e. The molecular weight excluding hydrogens is 232 g/mol. The number of rotatable bonds is 3. The highest BCUT2D eigenvalue weighted by Gasteiger charge is 2.18. The molecule has 0 bridgehead atoms. The molecule has 0 aliphatic rings. The lowest BCUT2D eigenvalue weighted by Gasteiger charge is -2.15. The summed E-state index contributed by atoms with van der Waals surface area (Å²) in [5.41, 5.74) is 1.70. The van der Waals surface area contributed by atoms with Crippen molar-refractivity contribution in [1.29, 1.82) is 0 Å². The summed E-state index contributed by atoms with van der Waals surface area (Å²) in [6.45, 7) is 0. The number of methoxy groups -OCH3 is 1. The second-order valence-corrected chi connectivity index (χ2v) is 3.93. The Kier molecular flexibility index (Phi) is 3.32. The van der Waals surface area contributed by atoms with Crippen molar-refractivity contribution < 1.29 is 14.3 Å². The Hall–Kier alpha value is -2.30. The number of fused-ring (bicyclic) bond motifs is 1. The van der Waals surface area contributed by atoms with Gasteiger partial charge in [0.25, 0.3) is 0 Å². The minimum atomic E-state index is -0.535. The SMILES string of the molecule is COC(=O)CC(=O)N(C)c1c[nH]c2ccccc12. The Morgan fingerprint density at radius 3 is 2.78 bits per heavy atom. The van der Waals surface area contributed by atoms with Crippen LogP contribution in [0.1, 0.15) is 6.42 Å². The molecule has 5 heteroatoms. The van der Waals surface area contributed by atoms with Crippen molar-refractivity contribution in [1.82, 2.24) is 4.98 Å². The lowest BCUT2D eigenvalue weighted by molar-refractivity contribution is -0.143. The molecule has 1 amide bonds. The number of aromatic amines is 1. The van der Waals surface area contributed by atoms with Crippen molar-refractivity contribution in [3.63, 3.8) is 0 Å². The third kappa shape index (κ3) is 2.20. The van der Waals surface area contributed by atoms with Crippen molar-refractivity contribution in [3.8, 4) is 0 Å². The molecule has 5 nitrogen and oxygen atoms in total. The van der Waals surface area contributed by atoms with Gasteiger partial charge < -0.3 is 14.6 Å². The summed E-state index contributed by atoms with van der Waals surface area (Å²) in [7, 11) is 2.90. The molecule has 2 rings (SSSR count). The van der Waals surface area contributed by atoms with Crippen LogP contribution < -0.4 is 4.90 Å². The standard InChI is InChI=1S/C13H14N2O3/c1-15(12(16)7-13(17)18-2)11-8-14-10-6-4-3-5-9(10)11/h3-6,8,14H,7H2,1-2H3. The van der Waals surface area contributed by atoms with E-state index in [9.17, 15) is 9.59 Å². The van der Waals surface area contributed by atoms with Crippen molar-refractivity contribution in [2.45, 2.75) is 6.42 Å². The average Bonchev–Trinajstić information content (AvgIpc) is 2.81. The van der Waals surface area contributed by atoms with Gasteiger partial charge in [-0.15, -0.1) is 0 Å². The Morgan fingerprint density at radius 2 is 2.06 bits per heavy atom. The van der Waals surface area contributed by atoms with Crippen LogP contribution in [0.5, 0.6) is 0 Å². The fourth-order valence-corrected chi connectivity index (χ4v) is 1.78. The average molecular weight is 246 g/mol. The summed E-state index contributed by atoms with van der Waals surface area (Å²) in [4.78, 5) is 27.5. The number of benzene rings is 1. The first-order chi connectivity index (χ1) is 8.63. The lowest BCUT2D eigenvalue weighted by atomic mass is 10.2. The van der Waals surface area contributed by atoms with E-state index in [1.165, 1.54) is 12.0 Å². The highest BCUT2D eigenvalue weighted by Crippen LogP contribution is 2.25. The molecule has 0 atom stereocenters. The Balaban J connectivity index is 2.25. The number of amides is 1. The second-order valence-electron chi connectivity index (χ2n) is 3.93. The molecule has 94 valence electrons. The first kappa shape index (κ1) is 12.2. The molecule has 0 unspecified atom stereocenters. The summed E-state index contributed by atoms with van der Waals surface area (Å²) in [5.74, 6) is -0.835. The maximum absolute atomic E-state index is 11.9. The van der Waals surface area contributed by atoms with Crippen molar-refractivity contribution in [2.24, 2.45) is 0 Å². The molecule has 0 fully saturated rings. The van der Waals surface area contributed by atoms with Crippen LogP contribution in [0.15, 0.2) is 30.5 Å². The van der Waals surface area contributed by atoms with E-state index < -0.39 is 5.97 Å². The van der Waals surface area contributed by atoms with Crippen molar-refractivity contribution >= 4 is 28.5 Å². The maximum atomic E-state index is 11.9. The van der Waals surface area contributed by atoms with Crippen molar-refractivity contribution in [2.75, 3.05) is 19.1 Å². The molecule has 0 radical (unpaired) electrons. The summed E-state index contributed by atoms with van der Waals surface area (Å²) in [6.07, 6.45) is 1.49. The highest BCUT2D eigenvalue weighted by atomic mass is 16.5. The van der Waals surface area contributed by atoms with Gasteiger partial charge in [0.05, 0.1) is 12.8 Å². The minimum absolute atomic E-state index is 0.257. The molecule has 1 heterocycles. The molecule has 0 saturated heterocycles. The van der Waals surface area contributed by atoms with Gasteiger partial charge in [0.15, 0.2) is 0 Å². The number of carbonyl (C=O) groups is 2. The number of nitrogens with zero attached hydrogens (tertiary/aromatic N) is 1. The molecule has 0 aliphatic heterocycles. The van der Waals surface area contributed by atoms with Gasteiger partial charge in [0, 0.05) is 24.1 Å². The van der Waals surface area contributed by atoms with Crippen LogP contribution in [-0.4, -0.2) is 31.0 Å². The number of nitrogens with one attached hydrogen (secondary N) is 1. The van der Waals surface area contributed by atoms with Gasteiger partial charge in [-0.1, -0.05) is 18.2 Å². The summed E-state index contributed by atoms with van der Waals surface area (Å²) >= 11 is 0. The van der Waals surface area contributed by atoms with E-state index in [4.69, 9.17) is 0 Å². The van der Waals surface area contributed by atoms with Gasteiger partial charge in [-0.05, 0) is 6.07 Å². The van der Waals surface area contributed by atoms with E-state index in [1.54, 1.807) is 13.2 Å². The van der Waals surface area contributed by atoms with Gasteiger partial charge in [-0.3, -0.25) is 9.59 Å². The first-order valence-corrected chi connectivity index (χ1v) is 5.53. The van der Waals surface area contributed by atoms with Crippen LogP contribution in [0.4, 0.5) is 5.69 Å². The Bertz CT molecular complexity index is 589. The third-order valence-corrected chi connectivity index (χ3v) is 2.83. The fourth-order valence-electron chi connectivity index (χ4n) is 1.78. The second kappa shape index (κ2) is 4.91. The summed E-state index contributed by atoms with van der Waals surface area (Å²) in [6, 6.07) is 7.66. The number of H-pyrrole nitrogens is 1. The molecule has 18 heavy (non-hydrogen) atoms. The van der Waals surface area contributed by atoms with Gasteiger partial charge in [-0.2, -0.15) is 0 Å². The Morgan fingerprint density at radius 1 is 1.33 bits per heavy atom. The normalized spacial score (nSPS) is 10.3. The lowest BCUT2D eigenvalue weighted by Crippen LogP contribution is -2.28. The van der Waals surface area contributed by atoms with Gasteiger partial charge in [0.2, 0.25) is 5.91 Å². The molecule has 0 aliphatic carbocycles. The predicted molar refractivity (Wildman–Crippen MR) is 68.3 cm³/mol. The first-order valence-electron chi connectivity index (χ1n) is 5.53. The number of aromatic nitrogens is 1. The number of ether oxygens (including phenoxy) is 1. The summed E-state index contributed by atoms with van der Waals surface area (Å²) < 4.78 is 4.48. The number of hydrogen-bond donors (Lipinski definition) is 1. The van der Waals surface area contributed by atoms with E-state index >= 15 is 0 Å². The molecule has 1 aromatic heterocycles. The van der Waals surface area contributed by atoms with Crippen LogP contribution in [0, 0.1) is 0 Å². The number of carbonyl (C=O) groups excluding carboxylic acids is 2. The zero-order valence-electron chi connectivity index (χ0n) is 10.3. The monoisotopic (exact) mass is 246 g/mol. The van der Waals surface area contributed by atoms with Crippen LogP contribution in [0.25, 0.3) is 10.9 Å². The zero-order chi connectivity index (χ0) is 13.1. The molecular formula is C13H14N2O3. The van der Waals surface area contributed by atoms with E-state index in [0.29, 0.717) is 0 Å². The molecule has 1 aromatic carbocycles. The topological polar surface area (TPSA) is 62.4 Å². The number of para-hydroxylation sites is 1.